The van der Waals surface area contributed by atoms with E-state index in [0.717, 1.165) is 5.56 Å². The Labute approximate surface area is 128 Å². The van der Waals surface area contributed by atoms with Gasteiger partial charge in [0.25, 0.3) is 5.91 Å². The molecule has 1 amide bonds. The minimum atomic E-state index is -1.29. The number of rotatable bonds is 5. The van der Waals surface area contributed by atoms with Crippen LogP contribution in [0.3, 0.4) is 0 Å². The molecule has 2 aromatic carbocycles. The molecule has 2 rings (SSSR count). The molecule has 0 aliphatic heterocycles. The van der Waals surface area contributed by atoms with Crippen molar-refractivity contribution in [1.29, 1.82) is 0 Å². The Bertz CT molecular complexity index is 630. The van der Waals surface area contributed by atoms with Gasteiger partial charge in [-0.05, 0) is 23.8 Å². The maximum Gasteiger partial charge on any atom is 0.253 e. The molecule has 2 N–H and O–H groups in total. The average Bonchev–Trinajstić information content (AvgIpc) is 2.52. The molecule has 1 unspecified atom stereocenters. The van der Waals surface area contributed by atoms with Crippen LogP contribution in [-0.2, 0) is 11.3 Å². The summed E-state index contributed by atoms with van der Waals surface area (Å²) in [5.74, 6) is 0.222. The number of hydrogen-bond acceptors (Lipinski definition) is 3. The van der Waals surface area contributed by atoms with Crippen molar-refractivity contribution in [3.63, 3.8) is 0 Å². The molecule has 0 aromatic heterocycles. The van der Waals surface area contributed by atoms with E-state index in [1.165, 1.54) is 0 Å². The summed E-state index contributed by atoms with van der Waals surface area (Å²) >= 11 is 5.96. The van der Waals surface area contributed by atoms with E-state index in [-0.39, 0.29) is 0 Å². The third-order valence-electron chi connectivity index (χ3n) is 3.05. The fourth-order valence-electron chi connectivity index (χ4n) is 1.91. The molecular weight excluding hydrogens is 290 g/mol. The maximum atomic E-state index is 12.0. The Morgan fingerprint density at radius 2 is 2.05 bits per heavy atom. The Hall–Kier alpha value is -2.04. The minimum Gasteiger partial charge on any atom is -0.497 e. The molecule has 5 heteroatoms. The molecule has 110 valence electrons. The van der Waals surface area contributed by atoms with Gasteiger partial charge >= 0.3 is 0 Å². The second kappa shape index (κ2) is 7.11. The van der Waals surface area contributed by atoms with Crippen LogP contribution >= 0.6 is 11.6 Å². The summed E-state index contributed by atoms with van der Waals surface area (Å²) in [7, 11) is 1.58. The number of carbonyl (C=O) groups excluding carboxylic acids is 1. The standard InChI is InChI=1S/C16H16ClNO3/c1-21-12-6-4-5-11(9-12)10-18-16(20)15(19)13-7-2-3-8-14(13)17/h2-9,15,19H,10H2,1H3,(H,18,20). The summed E-state index contributed by atoms with van der Waals surface area (Å²) < 4.78 is 5.11. The summed E-state index contributed by atoms with van der Waals surface area (Å²) in [5, 5.41) is 13.1. The first-order chi connectivity index (χ1) is 10.1. The first-order valence-electron chi connectivity index (χ1n) is 6.45. The number of methoxy groups -OCH3 is 1. The molecule has 0 spiro atoms. The van der Waals surface area contributed by atoms with Crippen molar-refractivity contribution >= 4 is 17.5 Å². The van der Waals surface area contributed by atoms with Crippen molar-refractivity contribution in [2.75, 3.05) is 7.11 Å². The van der Waals surface area contributed by atoms with Crippen LogP contribution in [0.2, 0.25) is 5.02 Å². The van der Waals surface area contributed by atoms with E-state index in [1.807, 2.05) is 24.3 Å². The van der Waals surface area contributed by atoms with Crippen molar-refractivity contribution in [2.45, 2.75) is 12.6 Å². The Morgan fingerprint density at radius 1 is 1.29 bits per heavy atom. The lowest BCUT2D eigenvalue weighted by Gasteiger charge is -2.13. The van der Waals surface area contributed by atoms with Gasteiger partial charge in [0.15, 0.2) is 6.10 Å². The largest absolute Gasteiger partial charge is 0.497 e. The van der Waals surface area contributed by atoms with Gasteiger partial charge in [-0.1, -0.05) is 41.9 Å². The lowest BCUT2D eigenvalue weighted by Crippen LogP contribution is -2.29. The van der Waals surface area contributed by atoms with Gasteiger partial charge < -0.3 is 15.2 Å². The second-order valence-corrected chi connectivity index (χ2v) is 4.90. The van der Waals surface area contributed by atoms with Gasteiger partial charge in [-0.15, -0.1) is 0 Å². The van der Waals surface area contributed by atoms with Gasteiger partial charge in [0.05, 0.1) is 7.11 Å². The van der Waals surface area contributed by atoms with E-state index < -0.39 is 12.0 Å². The second-order valence-electron chi connectivity index (χ2n) is 4.49. The van der Waals surface area contributed by atoms with E-state index in [9.17, 15) is 9.90 Å². The number of ether oxygens (including phenoxy) is 1. The van der Waals surface area contributed by atoms with Crippen LogP contribution in [0.25, 0.3) is 0 Å². The van der Waals surface area contributed by atoms with Gasteiger partial charge in [-0.25, -0.2) is 0 Å². The van der Waals surface area contributed by atoms with Crippen molar-refractivity contribution < 1.29 is 14.6 Å². The molecule has 21 heavy (non-hydrogen) atoms. The van der Waals surface area contributed by atoms with Gasteiger partial charge in [-0.2, -0.15) is 0 Å². The van der Waals surface area contributed by atoms with Crippen molar-refractivity contribution in [2.24, 2.45) is 0 Å². The summed E-state index contributed by atoms with van der Waals surface area (Å²) in [5.41, 5.74) is 1.27. The van der Waals surface area contributed by atoms with Crippen LogP contribution in [-0.4, -0.2) is 18.1 Å². The van der Waals surface area contributed by atoms with Crippen LogP contribution in [0.15, 0.2) is 48.5 Å². The highest BCUT2D eigenvalue weighted by Crippen LogP contribution is 2.22. The van der Waals surface area contributed by atoms with E-state index in [0.29, 0.717) is 22.9 Å². The zero-order valence-corrected chi connectivity index (χ0v) is 12.3. The SMILES string of the molecule is COc1cccc(CNC(=O)C(O)c2ccccc2Cl)c1. The molecular formula is C16H16ClNO3. The molecule has 0 aliphatic carbocycles. The maximum absolute atomic E-state index is 12.0. The summed E-state index contributed by atoms with van der Waals surface area (Å²) in [6.07, 6.45) is -1.29. The van der Waals surface area contributed by atoms with Crippen LogP contribution < -0.4 is 10.1 Å². The molecule has 0 radical (unpaired) electrons. The average molecular weight is 306 g/mol. The summed E-state index contributed by atoms with van der Waals surface area (Å²) in [4.78, 5) is 12.0. The quantitative estimate of drug-likeness (QED) is 0.893. The molecule has 1 atom stereocenters. The highest BCUT2D eigenvalue weighted by atomic mass is 35.5. The van der Waals surface area contributed by atoms with Crippen molar-refractivity contribution in [3.8, 4) is 5.75 Å². The van der Waals surface area contributed by atoms with E-state index >= 15 is 0 Å². The zero-order chi connectivity index (χ0) is 15.2. The predicted molar refractivity (Wildman–Crippen MR) is 81.3 cm³/mol. The highest BCUT2D eigenvalue weighted by Gasteiger charge is 2.19. The fraction of sp³-hybridized carbons (Fsp3) is 0.188. The molecule has 0 bridgehead atoms. The minimum absolute atomic E-state index is 0.303. The van der Waals surface area contributed by atoms with Crippen LogP contribution in [0.1, 0.15) is 17.2 Å². The first kappa shape index (κ1) is 15.4. The first-order valence-corrected chi connectivity index (χ1v) is 6.82. The van der Waals surface area contributed by atoms with E-state index in [4.69, 9.17) is 16.3 Å². The van der Waals surface area contributed by atoms with Gasteiger partial charge in [0.2, 0.25) is 0 Å². The molecule has 0 fully saturated rings. The lowest BCUT2D eigenvalue weighted by molar-refractivity contribution is -0.129. The normalized spacial score (nSPS) is 11.8. The zero-order valence-electron chi connectivity index (χ0n) is 11.5. The number of halogens is 1. The smallest absolute Gasteiger partial charge is 0.253 e. The Kier molecular flexibility index (Phi) is 5.20. The molecule has 4 nitrogen and oxygen atoms in total. The van der Waals surface area contributed by atoms with E-state index in [2.05, 4.69) is 5.32 Å². The molecule has 0 saturated carbocycles. The Balaban J connectivity index is 2.00. The van der Waals surface area contributed by atoms with Crippen LogP contribution in [0.5, 0.6) is 5.75 Å². The summed E-state index contributed by atoms with van der Waals surface area (Å²) in [6.45, 7) is 0.303. The van der Waals surface area contributed by atoms with Crippen LogP contribution in [0.4, 0.5) is 0 Å². The molecule has 0 heterocycles. The fourth-order valence-corrected chi connectivity index (χ4v) is 2.15. The number of aliphatic hydroxyl groups excluding tert-OH is 1. The molecule has 0 saturated heterocycles. The van der Waals surface area contributed by atoms with E-state index in [1.54, 1.807) is 31.4 Å². The number of amides is 1. The predicted octanol–water partition coefficient (Wildman–Crippen LogP) is 2.70. The monoisotopic (exact) mass is 305 g/mol. The molecule has 0 aliphatic rings. The topological polar surface area (TPSA) is 58.6 Å². The highest BCUT2D eigenvalue weighted by molar-refractivity contribution is 6.31. The van der Waals surface area contributed by atoms with Gasteiger partial charge in [0, 0.05) is 17.1 Å². The number of hydrogen-bond donors (Lipinski definition) is 2. The molecule has 2 aromatic rings. The van der Waals surface area contributed by atoms with Crippen LogP contribution in [0, 0.1) is 0 Å². The Morgan fingerprint density at radius 3 is 2.76 bits per heavy atom. The lowest BCUT2D eigenvalue weighted by atomic mass is 10.1. The number of aliphatic hydroxyl groups is 1. The number of benzene rings is 2. The summed E-state index contributed by atoms with van der Waals surface area (Å²) in [6, 6.07) is 14.1. The van der Waals surface area contributed by atoms with Crippen molar-refractivity contribution in [3.05, 3.63) is 64.7 Å². The number of carbonyl (C=O) groups is 1. The third kappa shape index (κ3) is 3.97. The van der Waals surface area contributed by atoms with Crippen molar-refractivity contribution in [1.82, 2.24) is 5.32 Å². The third-order valence-corrected chi connectivity index (χ3v) is 3.39. The van der Waals surface area contributed by atoms with Gasteiger partial charge in [0.1, 0.15) is 5.75 Å². The number of nitrogens with one attached hydrogen (secondary N) is 1. The van der Waals surface area contributed by atoms with Gasteiger partial charge in [-0.3, -0.25) is 4.79 Å².